The van der Waals surface area contributed by atoms with Crippen LogP contribution in [0, 0.1) is 0 Å². The Kier molecular flexibility index (Phi) is 4.62. The third kappa shape index (κ3) is 3.23. The molecule has 6 nitrogen and oxygen atoms in total. The van der Waals surface area contributed by atoms with Gasteiger partial charge in [0, 0.05) is 19.6 Å². The number of carbonyl (C=O) groups excluding carboxylic acids is 1. The van der Waals surface area contributed by atoms with E-state index in [1.54, 1.807) is 11.3 Å². The molecule has 1 N–H and O–H groups in total. The van der Waals surface area contributed by atoms with E-state index in [1.807, 2.05) is 0 Å². The number of hydrogen-bond donors (Lipinski definition) is 1. The predicted octanol–water partition coefficient (Wildman–Crippen LogP) is 2.83. The maximum absolute atomic E-state index is 12.4. The minimum absolute atomic E-state index is 0.0194. The lowest BCUT2D eigenvalue weighted by molar-refractivity contribution is 0.0835. The summed E-state index contributed by atoms with van der Waals surface area (Å²) in [5.74, 6) is 1.20. The highest BCUT2D eigenvalue weighted by Gasteiger charge is 2.24. The summed E-state index contributed by atoms with van der Waals surface area (Å²) in [4.78, 5) is 17.6. The summed E-state index contributed by atoms with van der Waals surface area (Å²) in [6.45, 7) is 1.26. The standard InChI is InChI=1S/C17H21N3O3S/c21-16(15-12-5-2-1-4-11(12)10-24-15)18-8-7-14-19-17(23-20-14)13-6-3-9-22-13/h10,13H,1-9H2,(H,18,21)/t13-/m1/s1. The van der Waals surface area contributed by atoms with Gasteiger partial charge in [-0.25, -0.2) is 0 Å². The highest BCUT2D eigenvalue weighted by molar-refractivity contribution is 7.12. The van der Waals surface area contributed by atoms with Gasteiger partial charge in [-0.05, 0) is 55.0 Å². The van der Waals surface area contributed by atoms with Crippen LogP contribution in [0.2, 0.25) is 0 Å². The Morgan fingerprint density at radius 1 is 1.33 bits per heavy atom. The molecule has 1 aliphatic heterocycles. The molecule has 24 heavy (non-hydrogen) atoms. The second-order valence-electron chi connectivity index (χ2n) is 6.33. The third-order valence-corrected chi connectivity index (χ3v) is 5.70. The van der Waals surface area contributed by atoms with Crippen LogP contribution < -0.4 is 5.32 Å². The lowest BCUT2D eigenvalue weighted by atomic mass is 9.94. The van der Waals surface area contributed by atoms with E-state index in [9.17, 15) is 4.79 Å². The van der Waals surface area contributed by atoms with Gasteiger partial charge >= 0.3 is 0 Å². The van der Waals surface area contributed by atoms with Gasteiger partial charge in [-0.3, -0.25) is 4.79 Å². The molecule has 0 saturated carbocycles. The van der Waals surface area contributed by atoms with Gasteiger partial charge in [0.25, 0.3) is 11.8 Å². The van der Waals surface area contributed by atoms with Crippen LogP contribution in [0.15, 0.2) is 9.90 Å². The topological polar surface area (TPSA) is 77.2 Å². The molecule has 7 heteroatoms. The van der Waals surface area contributed by atoms with Gasteiger partial charge < -0.3 is 14.6 Å². The molecule has 1 atom stereocenters. The molecule has 0 unspecified atom stereocenters. The van der Waals surface area contributed by atoms with Crippen LogP contribution in [0.3, 0.4) is 0 Å². The molecule has 2 aromatic heterocycles. The molecular weight excluding hydrogens is 326 g/mol. The van der Waals surface area contributed by atoms with Crippen molar-refractivity contribution < 1.29 is 14.1 Å². The summed E-state index contributed by atoms with van der Waals surface area (Å²) in [6.07, 6.45) is 7.01. The highest BCUT2D eigenvalue weighted by atomic mass is 32.1. The number of aromatic nitrogens is 2. The molecule has 2 aromatic rings. The van der Waals surface area contributed by atoms with Crippen LogP contribution in [0.4, 0.5) is 0 Å². The fraction of sp³-hybridized carbons (Fsp3) is 0.588. The Balaban J connectivity index is 1.31. The number of carbonyl (C=O) groups is 1. The molecule has 1 aliphatic carbocycles. The number of thiophene rings is 1. The molecule has 1 saturated heterocycles. The van der Waals surface area contributed by atoms with Gasteiger partial charge in [-0.15, -0.1) is 11.3 Å². The van der Waals surface area contributed by atoms with Gasteiger partial charge in [0.15, 0.2) is 5.82 Å². The zero-order chi connectivity index (χ0) is 16.4. The lowest BCUT2D eigenvalue weighted by Gasteiger charge is -2.12. The van der Waals surface area contributed by atoms with Crippen molar-refractivity contribution in [2.75, 3.05) is 13.2 Å². The first-order valence-electron chi connectivity index (χ1n) is 8.63. The van der Waals surface area contributed by atoms with Crippen LogP contribution in [-0.4, -0.2) is 29.2 Å². The first-order valence-corrected chi connectivity index (χ1v) is 9.51. The van der Waals surface area contributed by atoms with E-state index in [1.165, 1.54) is 24.0 Å². The van der Waals surface area contributed by atoms with Crippen LogP contribution in [-0.2, 0) is 24.0 Å². The maximum Gasteiger partial charge on any atom is 0.261 e. The van der Waals surface area contributed by atoms with E-state index in [4.69, 9.17) is 9.26 Å². The number of fused-ring (bicyclic) bond motifs is 1. The maximum atomic E-state index is 12.4. The van der Waals surface area contributed by atoms with Crippen LogP contribution in [0.5, 0.6) is 0 Å². The highest BCUT2D eigenvalue weighted by Crippen LogP contribution is 2.30. The molecule has 4 rings (SSSR count). The van der Waals surface area contributed by atoms with E-state index in [-0.39, 0.29) is 12.0 Å². The fourth-order valence-corrected chi connectivity index (χ4v) is 4.43. The van der Waals surface area contributed by atoms with Crippen LogP contribution >= 0.6 is 11.3 Å². The van der Waals surface area contributed by atoms with E-state index in [0.29, 0.717) is 24.7 Å². The van der Waals surface area contributed by atoms with E-state index < -0.39 is 0 Å². The molecule has 3 heterocycles. The van der Waals surface area contributed by atoms with Crippen molar-refractivity contribution in [1.82, 2.24) is 15.5 Å². The molecule has 0 aromatic carbocycles. The molecule has 2 aliphatic rings. The lowest BCUT2D eigenvalue weighted by Crippen LogP contribution is -2.26. The second-order valence-corrected chi connectivity index (χ2v) is 7.21. The van der Waals surface area contributed by atoms with Crippen LogP contribution in [0.1, 0.15) is 64.3 Å². The molecule has 0 spiro atoms. The first kappa shape index (κ1) is 15.8. The molecule has 128 valence electrons. The van der Waals surface area contributed by atoms with Crippen molar-refractivity contribution in [3.63, 3.8) is 0 Å². The summed E-state index contributed by atoms with van der Waals surface area (Å²) in [5.41, 5.74) is 2.61. The Labute approximate surface area is 144 Å². The van der Waals surface area contributed by atoms with Crippen molar-refractivity contribution in [2.24, 2.45) is 0 Å². The Hall–Kier alpha value is -1.73. The Bertz CT molecular complexity index is 718. The average molecular weight is 347 g/mol. The van der Waals surface area contributed by atoms with E-state index in [2.05, 4.69) is 20.8 Å². The monoisotopic (exact) mass is 347 g/mol. The van der Waals surface area contributed by atoms with Gasteiger partial charge in [0.05, 0.1) is 4.88 Å². The zero-order valence-corrected chi connectivity index (χ0v) is 14.4. The molecule has 1 fully saturated rings. The van der Waals surface area contributed by atoms with Gasteiger partial charge in [-0.1, -0.05) is 5.16 Å². The SMILES string of the molecule is O=C(NCCc1noc([C@H]2CCCO2)n1)c1scc2c1CCCC2. The van der Waals surface area contributed by atoms with E-state index >= 15 is 0 Å². The number of nitrogens with one attached hydrogen (secondary N) is 1. The number of ether oxygens (including phenoxy) is 1. The smallest absolute Gasteiger partial charge is 0.261 e. The summed E-state index contributed by atoms with van der Waals surface area (Å²) in [6, 6.07) is 0. The predicted molar refractivity (Wildman–Crippen MR) is 89.2 cm³/mol. The number of amides is 1. The number of nitrogens with zero attached hydrogens (tertiary/aromatic N) is 2. The normalized spacial score (nSPS) is 20.1. The zero-order valence-electron chi connectivity index (χ0n) is 13.5. The Morgan fingerprint density at radius 2 is 2.25 bits per heavy atom. The van der Waals surface area contributed by atoms with Crippen molar-refractivity contribution >= 4 is 17.2 Å². The van der Waals surface area contributed by atoms with E-state index in [0.717, 1.165) is 37.2 Å². The first-order chi connectivity index (χ1) is 11.8. The number of rotatable bonds is 5. The third-order valence-electron chi connectivity index (χ3n) is 4.63. The average Bonchev–Trinajstić information content (AvgIpc) is 3.34. The van der Waals surface area contributed by atoms with Crippen molar-refractivity contribution in [1.29, 1.82) is 0 Å². The molecular formula is C17H21N3O3S. The summed E-state index contributed by atoms with van der Waals surface area (Å²) < 4.78 is 10.8. The molecule has 1 amide bonds. The fourth-order valence-electron chi connectivity index (χ4n) is 3.35. The van der Waals surface area contributed by atoms with Crippen molar-refractivity contribution in [3.8, 4) is 0 Å². The van der Waals surface area contributed by atoms with Crippen molar-refractivity contribution in [2.45, 2.75) is 51.0 Å². The summed E-state index contributed by atoms with van der Waals surface area (Å²) >= 11 is 1.56. The van der Waals surface area contributed by atoms with Gasteiger partial charge in [0.2, 0.25) is 0 Å². The second kappa shape index (κ2) is 7.03. The van der Waals surface area contributed by atoms with Gasteiger partial charge in [0.1, 0.15) is 6.10 Å². The van der Waals surface area contributed by atoms with Crippen molar-refractivity contribution in [3.05, 3.63) is 33.1 Å². The number of aryl methyl sites for hydroxylation is 1. The minimum atomic E-state index is -0.0570. The Morgan fingerprint density at radius 3 is 3.12 bits per heavy atom. The largest absolute Gasteiger partial charge is 0.368 e. The minimum Gasteiger partial charge on any atom is -0.368 e. The summed E-state index contributed by atoms with van der Waals surface area (Å²) in [5, 5.41) is 9.09. The quantitative estimate of drug-likeness (QED) is 0.900. The molecule has 0 radical (unpaired) electrons. The summed E-state index contributed by atoms with van der Waals surface area (Å²) in [7, 11) is 0. The molecule has 0 bridgehead atoms. The van der Waals surface area contributed by atoms with Gasteiger partial charge in [-0.2, -0.15) is 4.98 Å². The number of hydrogen-bond acceptors (Lipinski definition) is 6. The van der Waals surface area contributed by atoms with Crippen LogP contribution in [0.25, 0.3) is 0 Å².